The molecule has 0 saturated carbocycles. The maximum Gasteiger partial charge on any atom is 0.253 e. The highest BCUT2D eigenvalue weighted by Crippen LogP contribution is 2.26. The van der Waals surface area contributed by atoms with Crippen LogP contribution < -0.4 is 21.1 Å². The van der Waals surface area contributed by atoms with Crippen molar-refractivity contribution in [3.8, 4) is 11.5 Å². The molecule has 0 aromatic heterocycles. The van der Waals surface area contributed by atoms with Crippen molar-refractivity contribution < 1.29 is 14.3 Å². The van der Waals surface area contributed by atoms with Crippen molar-refractivity contribution in [1.29, 1.82) is 0 Å². The van der Waals surface area contributed by atoms with Crippen LogP contribution in [-0.2, 0) is 4.74 Å². The Labute approximate surface area is 164 Å². The molecule has 4 N–H and O–H groups in total. The van der Waals surface area contributed by atoms with Crippen LogP contribution in [0.1, 0.15) is 10.4 Å². The van der Waals surface area contributed by atoms with Crippen molar-refractivity contribution in [2.75, 3.05) is 31.3 Å². The summed E-state index contributed by atoms with van der Waals surface area (Å²) in [4.78, 5) is 12.5. The van der Waals surface area contributed by atoms with E-state index < -0.39 is 0 Å². The lowest BCUT2D eigenvalue weighted by Gasteiger charge is -2.14. The van der Waals surface area contributed by atoms with Gasteiger partial charge in [0.15, 0.2) is 0 Å². The molecule has 6 heteroatoms. The van der Waals surface area contributed by atoms with Crippen LogP contribution in [0, 0.1) is 0 Å². The minimum Gasteiger partial charge on any atom is -0.457 e. The summed E-state index contributed by atoms with van der Waals surface area (Å²) in [6, 6.07) is 22.3. The van der Waals surface area contributed by atoms with Gasteiger partial charge in [0.2, 0.25) is 0 Å². The van der Waals surface area contributed by atoms with Crippen LogP contribution in [0.3, 0.4) is 0 Å². The highest BCUT2D eigenvalue weighted by molar-refractivity contribution is 6.01. The molecule has 0 radical (unpaired) electrons. The van der Waals surface area contributed by atoms with E-state index in [1.54, 1.807) is 25.3 Å². The Morgan fingerprint density at radius 1 is 0.964 bits per heavy atom. The van der Waals surface area contributed by atoms with Gasteiger partial charge in [-0.2, -0.15) is 0 Å². The fraction of sp³-hybridized carbons (Fsp3) is 0.136. The van der Waals surface area contributed by atoms with Crippen molar-refractivity contribution in [2.24, 2.45) is 0 Å². The normalized spacial score (nSPS) is 10.3. The molecule has 0 aliphatic carbocycles. The molecule has 3 aromatic carbocycles. The van der Waals surface area contributed by atoms with Gasteiger partial charge in [-0.15, -0.1) is 0 Å². The maximum absolute atomic E-state index is 12.5. The van der Waals surface area contributed by atoms with E-state index >= 15 is 0 Å². The van der Waals surface area contributed by atoms with Crippen molar-refractivity contribution in [2.45, 2.75) is 0 Å². The number of benzene rings is 3. The Balaban J connectivity index is 1.71. The van der Waals surface area contributed by atoms with E-state index in [0.29, 0.717) is 30.1 Å². The van der Waals surface area contributed by atoms with Gasteiger partial charge in [0.1, 0.15) is 11.5 Å². The number of hydrogen-bond acceptors (Lipinski definition) is 5. The van der Waals surface area contributed by atoms with E-state index in [2.05, 4.69) is 10.6 Å². The SMILES string of the molecule is COCCNC(=O)c1cc(N)ccc1Nc1ccc(Oc2ccccc2)cc1. The largest absolute Gasteiger partial charge is 0.457 e. The quantitative estimate of drug-likeness (QED) is 0.405. The van der Waals surface area contributed by atoms with Gasteiger partial charge >= 0.3 is 0 Å². The van der Waals surface area contributed by atoms with E-state index in [9.17, 15) is 4.79 Å². The van der Waals surface area contributed by atoms with Crippen LogP contribution in [0.4, 0.5) is 17.1 Å². The third kappa shape index (κ3) is 5.25. The number of anilines is 3. The van der Waals surface area contributed by atoms with Crippen LogP contribution in [0.5, 0.6) is 11.5 Å². The van der Waals surface area contributed by atoms with Gasteiger partial charge in [-0.1, -0.05) is 18.2 Å². The van der Waals surface area contributed by atoms with Crippen molar-refractivity contribution >= 4 is 23.0 Å². The molecule has 0 heterocycles. The smallest absolute Gasteiger partial charge is 0.253 e. The number of amides is 1. The van der Waals surface area contributed by atoms with Gasteiger partial charge in [0.05, 0.1) is 17.9 Å². The fourth-order valence-corrected chi connectivity index (χ4v) is 2.61. The summed E-state index contributed by atoms with van der Waals surface area (Å²) in [6.45, 7) is 0.870. The number of carbonyl (C=O) groups is 1. The zero-order valence-electron chi connectivity index (χ0n) is 15.6. The summed E-state index contributed by atoms with van der Waals surface area (Å²) in [6.07, 6.45) is 0. The number of rotatable bonds is 8. The topological polar surface area (TPSA) is 85.6 Å². The van der Waals surface area contributed by atoms with E-state index in [0.717, 1.165) is 17.2 Å². The Bertz CT molecular complexity index is 912. The number of para-hydroxylation sites is 1. The molecule has 144 valence electrons. The van der Waals surface area contributed by atoms with Gasteiger partial charge in [-0.3, -0.25) is 4.79 Å². The van der Waals surface area contributed by atoms with Gasteiger partial charge < -0.3 is 25.8 Å². The molecule has 0 saturated heterocycles. The number of ether oxygens (including phenoxy) is 2. The number of nitrogens with two attached hydrogens (primary N) is 1. The third-order valence-electron chi connectivity index (χ3n) is 3.99. The van der Waals surface area contributed by atoms with E-state index in [-0.39, 0.29) is 5.91 Å². The molecule has 0 aliphatic heterocycles. The first-order valence-corrected chi connectivity index (χ1v) is 8.92. The lowest BCUT2D eigenvalue weighted by Crippen LogP contribution is -2.27. The van der Waals surface area contributed by atoms with E-state index in [1.165, 1.54) is 0 Å². The summed E-state index contributed by atoms with van der Waals surface area (Å²) in [5.74, 6) is 1.29. The summed E-state index contributed by atoms with van der Waals surface area (Å²) in [7, 11) is 1.59. The molecule has 1 amide bonds. The first-order chi connectivity index (χ1) is 13.7. The molecule has 0 spiro atoms. The molecule has 0 atom stereocenters. The first-order valence-electron chi connectivity index (χ1n) is 8.92. The second kappa shape index (κ2) is 9.43. The van der Waals surface area contributed by atoms with Crippen molar-refractivity contribution in [3.05, 3.63) is 78.4 Å². The number of hydrogen-bond donors (Lipinski definition) is 3. The Morgan fingerprint density at radius 3 is 2.39 bits per heavy atom. The molecule has 3 aromatic rings. The Hall–Kier alpha value is -3.51. The predicted molar refractivity (Wildman–Crippen MR) is 111 cm³/mol. The molecule has 28 heavy (non-hydrogen) atoms. The average Bonchev–Trinajstić information content (AvgIpc) is 2.71. The monoisotopic (exact) mass is 377 g/mol. The standard InChI is InChI=1S/C22H23N3O3/c1-27-14-13-24-22(26)20-15-16(23)7-12-21(20)25-17-8-10-19(11-9-17)28-18-5-3-2-4-6-18/h2-12,15,25H,13-14,23H2,1H3,(H,24,26). The maximum atomic E-state index is 12.5. The predicted octanol–water partition coefficient (Wildman–Crippen LogP) is 4.18. The summed E-state index contributed by atoms with van der Waals surface area (Å²) in [5.41, 5.74) is 8.35. The molecule has 6 nitrogen and oxygen atoms in total. The van der Waals surface area contributed by atoms with Gasteiger partial charge in [-0.05, 0) is 54.6 Å². The van der Waals surface area contributed by atoms with Crippen LogP contribution >= 0.6 is 0 Å². The summed E-state index contributed by atoms with van der Waals surface area (Å²) >= 11 is 0. The minimum absolute atomic E-state index is 0.212. The number of nitrogen functional groups attached to an aromatic ring is 1. The number of methoxy groups -OCH3 is 1. The number of carbonyl (C=O) groups excluding carboxylic acids is 1. The van der Waals surface area contributed by atoms with Crippen LogP contribution in [0.15, 0.2) is 72.8 Å². The fourth-order valence-electron chi connectivity index (χ4n) is 2.61. The van der Waals surface area contributed by atoms with Gasteiger partial charge in [-0.25, -0.2) is 0 Å². The zero-order valence-corrected chi connectivity index (χ0v) is 15.6. The van der Waals surface area contributed by atoms with Crippen LogP contribution in [0.2, 0.25) is 0 Å². The van der Waals surface area contributed by atoms with Crippen LogP contribution in [-0.4, -0.2) is 26.2 Å². The van der Waals surface area contributed by atoms with Crippen molar-refractivity contribution in [1.82, 2.24) is 5.32 Å². The lowest BCUT2D eigenvalue weighted by atomic mass is 10.1. The van der Waals surface area contributed by atoms with E-state index in [4.69, 9.17) is 15.2 Å². The highest BCUT2D eigenvalue weighted by atomic mass is 16.5. The van der Waals surface area contributed by atoms with Gasteiger partial charge in [0.25, 0.3) is 5.91 Å². The zero-order chi connectivity index (χ0) is 19.8. The Kier molecular flexibility index (Phi) is 6.49. The minimum atomic E-state index is -0.212. The lowest BCUT2D eigenvalue weighted by molar-refractivity contribution is 0.0938. The highest BCUT2D eigenvalue weighted by Gasteiger charge is 2.12. The average molecular weight is 377 g/mol. The second-order valence-corrected chi connectivity index (χ2v) is 6.12. The molecule has 3 rings (SSSR count). The number of nitrogens with one attached hydrogen (secondary N) is 2. The van der Waals surface area contributed by atoms with Crippen LogP contribution in [0.25, 0.3) is 0 Å². The van der Waals surface area contributed by atoms with E-state index in [1.807, 2.05) is 54.6 Å². The molecular formula is C22H23N3O3. The molecule has 0 unspecified atom stereocenters. The first kappa shape index (κ1) is 19.3. The summed E-state index contributed by atoms with van der Waals surface area (Å²) < 4.78 is 10.8. The van der Waals surface area contributed by atoms with Gasteiger partial charge in [0, 0.05) is 25.0 Å². The molecule has 0 aliphatic rings. The third-order valence-corrected chi connectivity index (χ3v) is 3.99. The molecule has 0 fully saturated rings. The second-order valence-electron chi connectivity index (χ2n) is 6.12. The molecule has 0 bridgehead atoms. The molecular weight excluding hydrogens is 354 g/mol. The summed E-state index contributed by atoms with van der Waals surface area (Å²) in [5, 5.41) is 6.07. The van der Waals surface area contributed by atoms with Crippen molar-refractivity contribution in [3.63, 3.8) is 0 Å². The Morgan fingerprint density at radius 2 is 1.68 bits per heavy atom.